The fourth-order valence-corrected chi connectivity index (χ4v) is 14.0. The molecule has 3 saturated heterocycles. The van der Waals surface area contributed by atoms with Crippen LogP contribution in [-0.4, -0.2) is 189 Å². The smallest absolute Gasteiger partial charge is 0.387 e. The summed E-state index contributed by atoms with van der Waals surface area (Å²) in [6.07, 6.45) is -12.8. The predicted octanol–water partition coefficient (Wildman–Crippen LogP) is -3.86. The number of carbonyl (C=O) groups is 1. The molecule has 438 valence electrons. The van der Waals surface area contributed by atoms with Gasteiger partial charge in [-0.25, -0.2) is 38.2 Å². The number of imidazole rings is 3. The van der Waals surface area contributed by atoms with E-state index in [1.807, 2.05) is 0 Å². The lowest BCUT2D eigenvalue weighted by molar-refractivity contribution is -0.745. The van der Waals surface area contributed by atoms with E-state index in [1.54, 1.807) is 0 Å². The molecule has 0 saturated carbocycles. The minimum atomic E-state index is -6.20. The fraction of sp³-hybridized carbons (Fsp3) is 0.556. The Kier molecular flexibility index (Phi) is 16.7. The molecule has 39 nitrogen and oxygen atoms in total. The average molecular weight is 1230 g/mol. The molecule has 6 aromatic rings. The van der Waals surface area contributed by atoms with Gasteiger partial charge in [0.25, 0.3) is 17.1 Å². The summed E-state index contributed by atoms with van der Waals surface area (Å²) < 4.78 is 98.3. The van der Waals surface area contributed by atoms with Crippen molar-refractivity contribution >= 4 is 99.1 Å². The van der Waals surface area contributed by atoms with Crippen LogP contribution >= 0.6 is 30.2 Å². The van der Waals surface area contributed by atoms with Crippen LogP contribution in [0.4, 0.5) is 17.7 Å². The zero-order valence-corrected chi connectivity index (χ0v) is 46.0. The number of nitrogens with zero attached hydrogens (tertiary/aromatic N) is 11. The molecule has 1 amide bonds. The van der Waals surface area contributed by atoms with Crippen molar-refractivity contribution < 1.29 is 104 Å². The van der Waals surface area contributed by atoms with Crippen molar-refractivity contribution in [1.29, 1.82) is 0 Å². The highest BCUT2D eigenvalue weighted by molar-refractivity contribution is 8.07. The molecule has 9 heterocycles. The van der Waals surface area contributed by atoms with Gasteiger partial charge in [0.2, 0.25) is 23.6 Å². The molecule has 3 fully saturated rings. The van der Waals surface area contributed by atoms with Crippen LogP contribution in [0.3, 0.4) is 0 Å². The molecule has 0 spiro atoms. The maximum absolute atomic E-state index is 13.4. The van der Waals surface area contributed by atoms with Crippen molar-refractivity contribution in [3.63, 3.8) is 0 Å². The number of amides is 1. The van der Waals surface area contributed by atoms with E-state index in [-0.39, 0.29) is 51.2 Å². The van der Waals surface area contributed by atoms with E-state index in [0.717, 1.165) is 24.3 Å². The largest absolute Gasteiger partial charge is 0.490 e. The number of ether oxygens (including phenoxy) is 4. The van der Waals surface area contributed by atoms with E-state index in [9.17, 15) is 63.0 Å². The minimum absolute atomic E-state index is 0.000598. The highest BCUT2D eigenvalue weighted by atomic mass is 32.5. The first-order chi connectivity index (χ1) is 37.5. The van der Waals surface area contributed by atoms with E-state index in [4.69, 9.17) is 66.1 Å². The number of aliphatic hydroxyl groups is 3. The van der Waals surface area contributed by atoms with E-state index < -0.39 is 147 Å². The number of hydrogen-bond acceptors (Lipinski definition) is 29. The molecular weight excluding hydrogens is 1180 g/mol. The van der Waals surface area contributed by atoms with Crippen LogP contribution in [0, 0.1) is 5.92 Å². The van der Waals surface area contributed by atoms with Gasteiger partial charge in [0.05, 0.1) is 45.6 Å². The molecule has 3 aliphatic rings. The summed E-state index contributed by atoms with van der Waals surface area (Å²) in [6.45, 7) is -7.63. The number of aromatic amines is 2. The van der Waals surface area contributed by atoms with Crippen LogP contribution < -0.4 is 32.9 Å². The maximum Gasteiger partial charge on any atom is 0.490 e. The van der Waals surface area contributed by atoms with Gasteiger partial charge in [0.1, 0.15) is 54.6 Å². The van der Waals surface area contributed by atoms with Crippen LogP contribution in [0.2, 0.25) is 0 Å². The number of fused-ring (bicyclic) bond motifs is 3. The van der Waals surface area contributed by atoms with Crippen molar-refractivity contribution in [2.45, 2.75) is 73.9 Å². The Morgan fingerprint density at radius 1 is 0.762 bits per heavy atom. The second-order valence-electron chi connectivity index (χ2n) is 18.1. The summed E-state index contributed by atoms with van der Waals surface area (Å²) in [4.78, 5) is 111. The molecule has 44 heteroatoms. The third-order valence-corrected chi connectivity index (χ3v) is 18.5. The Hall–Kier alpha value is -5.22. The lowest BCUT2D eigenvalue weighted by atomic mass is 9.94. The summed E-state index contributed by atoms with van der Waals surface area (Å²) in [6, 6.07) is 0. The molecular formula is C36H51N16O23P4S+. The molecule has 80 heavy (non-hydrogen) atoms. The number of aryl methyl sites for hydroxylation is 1. The Balaban J connectivity index is 0.879. The molecule has 0 aromatic carbocycles. The summed E-state index contributed by atoms with van der Waals surface area (Å²) in [5, 5.41) is 33.4. The zero-order chi connectivity index (χ0) is 58.1. The summed E-state index contributed by atoms with van der Waals surface area (Å²) in [7, 11) is -12.5. The van der Waals surface area contributed by atoms with E-state index >= 15 is 0 Å². The minimum Gasteiger partial charge on any atom is -0.387 e. The van der Waals surface area contributed by atoms with Gasteiger partial charge in [-0.3, -0.25) is 51.6 Å². The second kappa shape index (κ2) is 22.5. The number of nitrogen functional groups attached to an aromatic ring is 3. The number of methoxy groups -OCH3 is 1. The number of carbonyl (C=O) groups excluding carboxylic acids is 1. The van der Waals surface area contributed by atoms with Gasteiger partial charge >= 0.3 is 35.8 Å². The number of aromatic nitrogens is 12. The van der Waals surface area contributed by atoms with Crippen molar-refractivity contribution in [2.24, 2.45) is 13.0 Å². The molecule has 3 aliphatic heterocycles. The summed E-state index contributed by atoms with van der Waals surface area (Å²) in [5.74, 6) is -2.42. The lowest BCUT2D eigenvalue weighted by Crippen LogP contribution is -2.45. The van der Waals surface area contributed by atoms with Gasteiger partial charge in [-0.15, -0.1) is 0 Å². The van der Waals surface area contributed by atoms with E-state index in [0.29, 0.717) is 0 Å². The van der Waals surface area contributed by atoms with Gasteiger partial charge in [0.15, 0.2) is 41.4 Å². The fourth-order valence-electron chi connectivity index (χ4n) is 9.01. The molecule has 15 N–H and O–H groups in total. The average Bonchev–Trinajstić information content (AvgIpc) is 4.23. The topological polar surface area (TPSA) is 545 Å². The Labute approximate surface area is 451 Å². The number of anilines is 3. The van der Waals surface area contributed by atoms with Crippen LogP contribution in [0.5, 0.6) is 0 Å². The quantitative estimate of drug-likeness (QED) is 0.0242. The Bertz CT molecular complexity index is 3660. The SMILES string of the molecule is CO[C@@H]1[C@H](OP(O)(=S)OC[C@H]2O[C@@H](n3cnc4c(=O)[nH]c(N)nc43)[C@H](O)[C@@H]2O)[C@@H](COP(=O)(O)OP(=O)(O)OP(=O)(O)OC[C@H]2O[C@@H]([n+]3cn(C)c4c(=O)[nH]c(N)nc43)[C@H](O)[C@@H]2CC(=O)N(C)C)O[C@H]1n1cnc2c(N)ncnc21. The van der Waals surface area contributed by atoms with Crippen LogP contribution in [0.1, 0.15) is 25.1 Å². The number of phosphoric acid groups is 3. The van der Waals surface area contributed by atoms with Crippen LogP contribution in [0.15, 0.2) is 34.9 Å². The van der Waals surface area contributed by atoms with Crippen molar-refractivity contribution in [3.05, 3.63) is 46.0 Å². The zero-order valence-electron chi connectivity index (χ0n) is 41.6. The van der Waals surface area contributed by atoms with Crippen molar-refractivity contribution in [3.8, 4) is 0 Å². The standard InChI is InChI=1S/C36H50N16O23P4S/c1-48(2)17(53)5-13-14(70-32(21(13)54)52-12-49(3)20-29(52)45-36(39)47-31(20)58)6-67-76(59,60)74-78(63,64)75-77(61,62)68-8-16-24(25(66-4)34(72-16)50-10-42-18-26(37)40-9-41-27(18)50)73-79(65,80)69-7-15-22(55)23(56)33(71-15)51-11-43-19-28(51)44-35(38)46-30(19)57/h9-16,21-25,32-34,54-56H,5-8H2,1-4H3,(H11-,37,38,39,40,41,44,45,46,47,57,58,59,60,61,62,63,64,65,80)/p+1/t13-,14-,15-,16-,21-,22-,23-,24-,25-,32-,33-,34-,79?/m1/s1. The number of hydrogen-bond donors (Lipinski definition) is 12. The van der Waals surface area contributed by atoms with Gasteiger partial charge in [-0.2, -0.15) is 13.6 Å². The number of H-pyrrole nitrogens is 2. The molecule has 6 aromatic heterocycles. The number of phosphoric ester groups is 2. The van der Waals surface area contributed by atoms with Crippen LogP contribution in [-0.2, 0) is 83.0 Å². The van der Waals surface area contributed by atoms with Gasteiger partial charge in [-0.05, 0) is 11.8 Å². The van der Waals surface area contributed by atoms with Crippen molar-refractivity contribution in [1.82, 2.24) is 58.5 Å². The molecule has 4 unspecified atom stereocenters. The number of rotatable bonds is 21. The highest BCUT2D eigenvalue weighted by Gasteiger charge is 2.53. The lowest BCUT2D eigenvalue weighted by Gasteiger charge is -2.28. The van der Waals surface area contributed by atoms with E-state index in [2.05, 4.69) is 48.5 Å². The first-order valence-corrected chi connectivity index (χ1v) is 30.1. The third-order valence-electron chi connectivity index (χ3n) is 12.6. The molecule has 16 atom stereocenters. The molecule has 0 aliphatic carbocycles. The summed E-state index contributed by atoms with van der Waals surface area (Å²) in [5.41, 5.74) is 15.9. The van der Waals surface area contributed by atoms with E-state index in [1.165, 1.54) is 52.4 Å². The molecule has 9 rings (SSSR count). The first-order valence-electron chi connectivity index (χ1n) is 23.0. The predicted molar refractivity (Wildman–Crippen MR) is 266 cm³/mol. The maximum atomic E-state index is 13.4. The van der Waals surface area contributed by atoms with Gasteiger partial charge in [0, 0.05) is 33.5 Å². The van der Waals surface area contributed by atoms with Crippen molar-refractivity contribution in [2.75, 3.05) is 58.2 Å². The first kappa shape index (κ1) is 59.4. The van der Waals surface area contributed by atoms with Gasteiger partial charge in [-0.1, -0.05) is 4.98 Å². The highest BCUT2D eigenvalue weighted by Crippen LogP contribution is 2.68. The van der Waals surface area contributed by atoms with Gasteiger partial charge < -0.3 is 80.5 Å². The monoisotopic (exact) mass is 1230 g/mol. The molecule has 0 bridgehead atoms. The third kappa shape index (κ3) is 12.1. The van der Waals surface area contributed by atoms with Crippen LogP contribution in [0.25, 0.3) is 33.5 Å². The number of nitrogens with two attached hydrogens (primary N) is 3. The second-order valence-corrected chi connectivity index (χ2v) is 25.6. The Morgan fingerprint density at radius 2 is 1.36 bits per heavy atom. The summed E-state index contributed by atoms with van der Waals surface area (Å²) >= 11 is 5.30. The normalized spacial score (nSPS) is 29.2. The Morgan fingerprint density at radius 3 is 2.02 bits per heavy atom. The number of aliphatic hydroxyl groups excluding tert-OH is 3. The molecule has 0 radical (unpaired) electrons. The number of nitrogens with one attached hydrogen (secondary N) is 2.